The van der Waals surface area contributed by atoms with Gasteiger partial charge in [0.25, 0.3) is 0 Å². The van der Waals surface area contributed by atoms with Gasteiger partial charge in [0, 0.05) is 55.0 Å². The number of amides is 1. The molecule has 1 fully saturated rings. The quantitative estimate of drug-likeness (QED) is 0.623. The number of hydrogen-bond acceptors (Lipinski definition) is 5. The van der Waals surface area contributed by atoms with E-state index in [1.807, 2.05) is 4.90 Å². The van der Waals surface area contributed by atoms with E-state index in [1.165, 1.54) is 17.0 Å². The van der Waals surface area contributed by atoms with E-state index in [9.17, 15) is 13.2 Å². The molecule has 1 saturated heterocycles. The zero-order valence-electron chi connectivity index (χ0n) is 15.5. The van der Waals surface area contributed by atoms with Crippen LogP contribution in [0.3, 0.4) is 0 Å². The molecule has 0 atom stereocenters. The fourth-order valence-electron chi connectivity index (χ4n) is 3.09. The number of piperazine rings is 1. The van der Waals surface area contributed by atoms with E-state index >= 15 is 0 Å². The lowest BCUT2D eigenvalue weighted by atomic mass is 10.2. The molecule has 1 aliphatic heterocycles. The van der Waals surface area contributed by atoms with Crippen LogP contribution in [0, 0.1) is 0 Å². The van der Waals surface area contributed by atoms with Gasteiger partial charge < -0.3 is 4.90 Å². The van der Waals surface area contributed by atoms with Crippen molar-refractivity contribution in [2.75, 3.05) is 39.3 Å². The van der Waals surface area contributed by atoms with E-state index in [2.05, 4.69) is 43.1 Å². The van der Waals surface area contributed by atoms with Gasteiger partial charge in [0.2, 0.25) is 15.9 Å². The Morgan fingerprint density at radius 2 is 1.82 bits per heavy atom. The fraction of sp³-hybridized carbons (Fsp3) is 0.421. The summed E-state index contributed by atoms with van der Waals surface area (Å²) in [5.41, 5.74) is 0. The van der Waals surface area contributed by atoms with Gasteiger partial charge in [0.15, 0.2) is 0 Å². The van der Waals surface area contributed by atoms with Crippen LogP contribution in [0.5, 0.6) is 0 Å². The topological polar surface area (TPSA) is 69.7 Å². The molecule has 9 heteroatoms. The summed E-state index contributed by atoms with van der Waals surface area (Å²) < 4.78 is 27.8. The molecular formula is C19H24BrN3O3S2. The third kappa shape index (κ3) is 6.12. The Labute approximate surface area is 178 Å². The second-order valence-corrected chi connectivity index (χ2v) is 10.4. The molecule has 1 N–H and O–H groups in total. The molecule has 0 saturated carbocycles. The number of sulfonamides is 1. The molecule has 6 nitrogen and oxygen atoms in total. The molecule has 1 aliphatic rings. The van der Waals surface area contributed by atoms with Crippen molar-refractivity contribution in [2.45, 2.75) is 17.7 Å². The maximum Gasteiger partial charge on any atom is 0.240 e. The molecule has 2 aromatic rings. The first-order valence-electron chi connectivity index (χ1n) is 9.22. The largest absolute Gasteiger partial charge is 0.340 e. The lowest BCUT2D eigenvalue weighted by Gasteiger charge is -2.34. The molecule has 1 aromatic carbocycles. The Hall–Kier alpha value is -1.26. The van der Waals surface area contributed by atoms with Crippen LogP contribution in [0.15, 0.2) is 51.1 Å². The first-order chi connectivity index (χ1) is 13.4. The zero-order chi connectivity index (χ0) is 20.0. The Morgan fingerprint density at radius 3 is 2.46 bits per heavy atom. The van der Waals surface area contributed by atoms with E-state index in [1.54, 1.807) is 23.5 Å². The predicted molar refractivity (Wildman–Crippen MR) is 115 cm³/mol. The summed E-state index contributed by atoms with van der Waals surface area (Å²) in [6, 6.07) is 10.6. The van der Waals surface area contributed by atoms with E-state index in [4.69, 9.17) is 0 Å². The molecule has 0 bridgehead atoms. The average molecular weight is 486 g/mol. The normalized spacial score (nSPS) is 15.7. The van der Waals surface area contributed by atoms with E-state index in [0.717, 1.165) is 30.5 Å². The summed E-state index contributed by atoms with van der Waals surface area (Å²) in [6.45, 7) is 4.24. The molecule has 1 aromatic heterocycles. The average Bonchev–Trinajstić information content (AvgIpc) is 3.20. The van der Waals surface area contributed by atoms with Gasteiger partial charge in [-0.3, -0.25) is 9.69 Å². The van der Waals surface area contributed by atoms with Crippen molar-refractivity contribution in [3.8, 4) is 0 Å². The van der Waals surface area contributed by atoms with Gasteiger partial charge in [0.1, 0.15) is 0 Å². The number of hydrogen-bond donors (Lipinski definition) is 1. The van der Waals surface area contributed by atoms with E-state index in [-0.39, 0.29) is 23.8 Å². The van der Waals surface area contributed by atoms with Gasteiger partial charge in [-0.1, -0.05) is 22.0 Å². The molecule has 3 rings (SSSR count). The van der Waals surface area contributed by atoms with Crippen molar-refractivity contribution in [2.24, 2.45) is 0 Å². The Kier molecular flexibility index (Phi) is 7.64. The molecule has 1 amide bonds. The van der Waals surface area contributed by atoms with Crippen LogP contribution in [0.25, 0.3) is 0 Å². The Bertz CT molecular complexity index is 862. The number of thiophene rings is 1. The van der Waals surface area contributed by atoms with Gasteiger partial charge in [-0.05, 0) is 42.1 Å². The van der Waals surface area contributed by atoms with Crippen LogP contribution >= 0.6 is 27.3 Å². The molecule has 0 aliphatic carbocycles. The molecule has 0 spiro atoms. The van der Waals surface area contributed by atoms with Crippen molar-refractivity contribution in [3.05, 3.63) is 51.1 Å². The lowest BCUT2D eigenvalue weighted by molar-refractivity contribution is -0.132. The smallest absolute Gasteiger partial charge is 0.240 e. The SMILES string of the molecule is O=C(CCNS(=O)(=O)c1ccc(Br)cc1)N1CCN(CCc2cccs2)CC1. The van der Waals surface area contributed by atoms with Crippen molar-refractivity contribution in [3.63, 3.8) is 0 Å². The number of carbonyl (C=O) groups is 1. The minimum Gasteiger partial charge on any atom is -0.340 e. The van der Waals surface area contributed by atoms with Gasteiger partial charge in [-0.25, -0.2) is 13.1 Å². The number of rotatable bonds is 8. The summed E-state index contributed by atoms with van der Waals surface area (Å²) in [7, 11) is -3.59. The highest BCUT2D eigenvalue weighted by Crippen LogP contribution is 2.15. The van der Waals surface area contributed by atoms with Crippen LogP contribution in [0.1, 0.15) is 11.3 Å². The van der Waals surface area contributed by atoms with Crippen molar-refractivity contribution in [1.82, 2.24) is 14.5 Å². The minimum absolute atomic E-state index is 0.00332. The molecule has 2 heterocycles. The Morgan fingerprint density at radius 1 is 1.11 bits per heavy atom. The number of carbonyl (C=O) groups excluding carboxylic acids is 1. The first-order valence-corrected chi connectivity index (χ1v) is 12.4. The van der Waals surface area contributed by atoms with Crippen LogP contribution in [-0.4, -0.2) is 63.4 Å². The maximum absolute atomic E-state index is 12.4. The van der Waals surface area contributed by atoms with Gasteiger partial charge in [-0.2, -0.15) is 0 Å². The standard InChI is InChI=1S/C19H24BrN3O3S2/c20-16-3-5-18(6-4-16)28(25,26)21-9-7-19(24)23-13-11-22(12-14-23)10-8-17-2-1-15-27-17/h1-6,15,21H,7-14H2. The number of nitrogens with zero attached hydrogens (tertiary/aromatic N) is 2. The second-order valence-electron chi connectivity index (χ2n) is 6.65. The molecule has 28 heavy (non-hydrogen) atoms. The third-order valence-electron chi connectivity index (χ3n) is 4.73. The number of nitrogens with one attached hydrogen (secondary N) is 1. The van der Waals surface area contributed by atoms with Crippen LogP contribution < -0.4 is 4.72 Å². The van der Waals surface area contributed by atoms with Crippen molar-refractivity contribution >= 4 is 43.2 Å². The van der Waals surface area contributed by atoms with Crippen molar-refractivity contribution in [1.29, 1.82) is 0 Å². The number of benzene rings is 1. The molecule has 152 valence electrons. The Balaban J connectivity index is 1.38. The van der Waals surface area contributed by atoms with Crippen LogP contribution in [-0.2, 0) is 21.2 Å². The lowest BCUT2D eigenvalue weighted by Crippen LogP contribution is -2.49. The predicted octanol–water partition coefficient (Wildman–Crippen LogP) is 2.57. The molecular weight excluding hydrogens is 462 g/mol. The van der Waals surface area contributed by atoms with Crippen molar-refractivity contribution < 1.29 is 13.2 Å². The monoisotopic (exact) mass is 485 g/mol. The summed E-state index contributed by atoms with van der Waals surface area (Å²) in [6.07, 6.45) is 1.22. The van der Waals surface area contributed by atoms with E-state index < -0.39 is 10.0 Å². The maximum atomic E-state index is 12.4. The zero-order valence-corrected chi connectivity index (χ0v) is 18.7. The van der Waals surface area contributed by atoms with Gasteiger partial charge in [-0.15, -0.1) is 11.3 Å². The molecule has 0 unspecified atom stereocenters. The molecule has 0 radical (unpaired) electrons. The van der Waals surface area contributed by atoms with Crippen LogP contribution in [0.4, 0.5) is 0 Å². The van der Waals surface area contributed by atoms with E-state index in [0.29, 0.717) is 13.1 Å². The summed E-state index contributed by atoms with van der Waals surface area (Å²) in [5, 5.41) is 2.09. The fourth-order valence-corrected chi connectivity index (χ4v) is 5.09. The third-order valence-corrected chi connectivity index (χ3v) is 7.68. The number of halogens is 1. The summed E-state index contributed by atoms with van der Waals surface area (Å²) in [5.74, 6) is -0.00332. The van der Waals surface area contributed by atoms with Crippen LogP contribution in [0.2, 0.25) is 0 Å². The van der Waals surface area contributed by atoms with Gasteiger partial charge in [0.05, 0.1) is 4.90 Å². The van der Waals surface area contributed by atoms with Gasteiger partial charge >= 0.3 is 0 Å². The summed E-state index contributed by atoms with van der Waals surface area (Å²) >= 11 is 5.06. The summed E-state index contributed by atoms with van der Waals surface area (Å²) in [4.78, 5) is 18.2. The second kappa shape index (κ2) is 9.98. The first kappa shape index (κ1) is 21.4. The minimum atomic E-state index is -3.59. The highest BCUT2D eigenvalue weighted by Gasteiger charge is 2.21. The highest BCUT2D eigenvalue weighted by molar-refractivity contribution is 9.10. The highest BCUT2D eigenvalue weighted by atomic mass is 79.9.